The third-order valence-corrected chi connectivity index (χ3v) is 6.75. The van der Waals surface area contributed by atoms with Crippen molar-refractivity contribution in [2.45, 2.75) is 69.8 Å². The molecule has 5 nitrogen and oxygen atoms in total. The Morgan fingerprint density at radius 1 is 1.24 bits per heavy atom. The largest absolute Gasteiger partial charge is 0.357 e. The second kappa shape index (κ2) is 12.7. The fourth-order valence-corrected chi connectivity index (χ4v) is 4.92. The summed E-state index contributed by atoms with van der Waals surface area (Å²) in [5.41, 5.74) is 2.56. The molecule has 1 heterocycles. The average Bonchev–Trinajstić information content (AvgIpc) is 3.15. The molecule has 1 amide bonds. The Balaban J connectivity index is 0.00000300. The second-order valence-corrected chi connectivity index (χ2v) is 8.89. The molecule has 2 aliphatic rings. The number of amides is 1. The van der Waals surface area contributed by atoms with Crippen molar-refractivity contribution in [3.05, 3.63) is 35.4 Å². The molecule has 0 aromatic heterocycles. The highest BCUT2D eigenvalue weighted by molar-refractivity contribution is 14.0. The number of nitrogens with one attached hydrogen (secondary N) is 2. The molecule has 1 aromatic carbocycles. The number of fused-ring (bicyclic) bond motifs is 1. The van der Waals surface area contributed by atoms with Gasteiger partial charge < -0.3 is 15.5 Å². The zero-order chi connectivity index (χ0) is 19.8. The maximum Gasteiger partial charge on any atom is 0.223 e. The number of thioether (sulfide) groups is 1. The molecule has 162 valence electrons. The van der Waals surface area contributed by atoms with Crippen LogP contribution in [0.1, 0.15) is 56.6 Å². The van der Waals surface area contributed by atoms with Gasteiger partial charge in [0.25, 0.3) is 0 Å². The van der Waals surface area contributed by atoms with E-state index in [9.17, 15) is 4.79 Å². The van der Waals surface area contributed by atoms with E-state index in [1.54, 1.807) is 0 Å². The molecule has 1 fully saturated rings. The van der Waals surface area contributed by atoms with Crippen molar-refractivity contribution in [3.8, 4) is 0 Å². The van der Waals surface area contributed by atoms with Crippen LogP contribution in [0, 0.1) is 0 Å². The highest BCUT2D eigenvalue weighted by atomic mass is 127. The van der Waals surface area contributed by atoms with Crippen LogP contribution in [-0.2, 0) is 17.9 Å². The first-order valence-corrected chi connectivity index (χ1v) is 11.9. The van der Waals surface area contributed by atoms with Crippen LogP contribution in [0.2, 0.25) is 0 Å². The summed E-state index contributed by atoms with van der Waals surface area (Å²) >= 11 is 1.98. The van der Waals surface area contributed by atoms with Gasteiger partial charge in [-0.3, -0.25) is 9.79 Å². The summed E-state index contributed by atoms with van der Waals surface area (Å²) in [6.45, 7) is 5.13. The van der Waals surface area contributed by atoms with Crippen LogP contribution >= 0.6 is 35.7 Å². The van der Waals surface area contributed by atoms with Crippen LogP contribution in [0.4, 0.5) is 0 Å². The van der Waals surface area contributed by atoms with Gasteiger partial charge in [0.1, 0.15) is 0 Å². The maximum atomic E-state index is 12.5. The molecule has 1 aliphatic carbocycles. The molecule has 7 heteroatoms. The lowest BCUT2D eigenvalue weighted by atomic mass is 9.95. The van der Waals surface area contributed by atoms with Crippen molar-refractivity contribution < 1.29 is 4.79 Å². The van der Waals surface area contributed by atoms with E-state index in [1.165, 1.54) is 36.8 Å². The highest BCUT2D eigenvalue weighted by Crippen LogP contribution is 2.27. The van der Waals surface area contributed by atoms with Crippen LogP contribution in [0.15, 0.2) is 29.3 Å². The predicted molar refractivity (Wildman–Crippen MR) is 134 cm³/mol. The van der Waals surface area contributed by atoms with Gasteiger partial charge in [0.05, 0.1) is 0 Å². The Hall–Kier alpha value is -0.960. The zero-order valence-corrected chi connectivity index (χ0v) is 20.8. The monoisotopic (exact) mass is 530 g/mol. The van der Waals surface area contributed by atoms with Gasteiger partial charge in [0.15, 0.2) is 5.96 Å². The summed E-state index contributed by atoms with van der Waals surface area (Å²) in [5, 5.41) is 7.72. The lowest BCUT2D eigenvalue weighted by Crippen LogP contribution is -2.45. The van der Waals surface area contributed by atoms with Gasteiger partial charge >= 0.3 is 0 Å². The van der Waals surface area contributed by atoms with E-state index in [0.717, 1.165) is 37.3 Å². The third kappa shape index (κ3) is 7.35. The number of halogens is 1. The van der Waals surface area contributed by atoms with E-state index < -0.39 is 0 Å². The lowest BCUT2D eigenvalue weighted by molar-refractivity contribution is -0.131. The van der Waals surface area contributed by atoms with Crippen LogP contribution < -0.4 is 10.6 Å². The Bertz CT molecular complexity index is 660. The fraction of sp³-hybridized carbons (Fsp3) is 0.636. The van der Waals surface area contributed by atoms with Crippen molar-refractivity contribution in [2.75, 3.05) is 19.3 Å². The molecule has 0 saturated heterocycles. The molecule has 0 spiro atoms. The zero-order valence-electron chi connectivity index (χ0n) is 17.7. The molecule has 1 aliphatic heterocycles. The summed E-state index contributed by atoms with van der Waals surface area (Å²) in [5.74, 6) is 1.13. The van der Waals surface area contributed by atoms with Crippen molar-refractivity contribution in [1.29, 1.82) is 0 Å². The maximum absolute atomic E-state index is 12.5. The van der Waals surface area contributed by atoms with E-state index in [4.69, 9.17) is 4.99 Å². The number of hydrogen-bond donors (Lipinski definition) is 2. The van der Waals surface area contributed by atoms with Crippen LogP contribution in [0.5, 0.6) is 0 Å². The Morgan fingerprint density at radius 2 is 1.97 bits per heavy atom. The predicted octanol–water partition coefficient (Wildman–Crippen LogP) is 4.16. The lowest BCUT2D eigenvalue weighted by Gasteiger charge is -2.29. The number of hydrogen-bond acceptors (Lipinski definition) is 3. The van der Waals surface area contributed by atoms with Gasteiger partial charge in [-0.05, 0) is 50.0 Å². The van der Waals surface area contributed by atoms with Crippen molar-refractivity contribution >= 4 is 47.6 Å². The molecule has 1 aromatic rings. The first-order valence-electron chi connectivity index (χ1n) is 10.6. The number of guanidine groups is 1. The second-order valence-electron chi connectivity index (χ2n) is 7.75. The number of nitrogens with zero attached hydrogens (tertiary/aromatic N) is 2. The molecular formula is C22H35IN4OS. The number of carbonyl (C=O) groups excluding carboxylic acids is 1. The van der Waals surface area contributed by atoms with Gasteiger partial charge in [0, 0.05) is 43.9 Å². The molecule has 3 rings (SSSR count). The quantitative estimate of drug-likeness (QED) is 0.241. The Labute approximate surface area is 196 Å². The molecule has 0 bridgehead atoms. The first kappa shape index (κ1) is 24.3. The molecule has 29 heavy (non-hydrogen) atoms. The van der Waals surface area contributed by atoms with Crippen LogP contribution in [0.3, 0.4) is 0 Å². The van der Waals surface area contributed by atoms with Crippen molar-refractivity contribution in [1.82, 2.24) is 15.5 Å². The van der Waals surface area contributed by atoms with Crippen LogP contribution in [-0.4, -0.2) is 47.4 Å². The normalized spacial score (nSPS) is 21.3. The minimum Gasteiger partial charge on any atom is -0.357 e. The summed E-state index contributed by atoms with van der Waals surface area (Å²) in [4.78, 5) is 19.2. The summed E-state index contributed by atoms with van der Waals surface area (Å²) in [6.07, 6.45) is 8.61. The van der Waals surface area contributed by atoms with Gasteiger partial charge in [-0.1, -0.05) is 30.7 Å². The van der Waals surface area contributed by atoms with Crippen molar-refractivity contribution in [3.63, 3.8) is 0 Å². The minimum atomic E-state index is 0. The van der Waals surface area contributed by atoms with Gasteiger partial charge in [-0.15, -0.1) is 24.0 Å². The van der Waals surface area contributed by atoms with E-state index in [2.05, 4.69) is 35.9 Å². The van der Waals surface area contributed by atoms with Gasteiger partial charge in [-0.25, -0.2) is 0 Å². The molecular weight excluding hydrogens is 495 g/mol. The van der Waals surface area contributed by atoms with E-state index in [1.807, 2.05) is 28.8 Å². The molecule has 2 atom stereocenters. The topological polar surface area (TPSA) is 56.7 Å². The average molecular weight is 531 g/mol. The van der Waals surface area contributed by atoms with Crippen molar-refractivity contribution in [2.24, 2.45) is 4.99 Å². The number of aliphatic imine (C=N–C) groups is 1. The number of carbonyl (C=O) groups is 1. The third-order valence-electron chi connectivity index (χ3n) is 5.66. The number of rotatable bonds is 7. The smallest absolute Gasteiger partial charge is 0.223 e. The van der Waals surface area contributed by atoms with E-state index in [-0.39, 0.29) is 29.9 Å². The molecule has 1 saturated carbocycles. The van der Waals surface area contributed by atoms with Crippen LogP contribution in [0.25, 0.3) is 0 Å². The SMILES string of the molecule is CCNC(=NCCCC(=O)N1Cc2ccccc2C1)NC1CCCC(SC)C1.I. The Kier molecular flexibility index (Phi) is 10.6. The van der Waals surface area contributed by atoms with Gasteiger partial charge in [0.2, 0.25) is 5.91 Å². The fourth-order valence-electron chi connectivity index (χ4n) is 4.09. The highest BCUT2D eigenvalue weighted by Gasteiger charge is 2.23. The molecule has 2 unspecified atom stereocenters. The minimum absolute atomic E-state index is 0. The molecule has 0 radical (unpaired) electrons. The summed E-state index contributed by atoms with van der Waals surface area (Å²) in [7, 11) is 0. The Morgan fingerprint density at radius 3 is 2.62 bits per heavy atom. The van der Waals surface area contributed by atoms with E-state index >= 15 is 0 Å². The number of benzene rings is 1. The van der Waals surface area contributed by atoms with E-state index in [0.29, 0.717) is 19.0 Å². The molecule has 2 N–H and O–H groups in total. The standard InChI is InChI=1S/C22H34N4OS.HI/c1-3-23-22(25-19-10-6-11-20(14-19)28-2)24-13-7-12-21(27)26-15-17-8-4-5-9-18(17)16-26;/h4-5,8-9,19-20H,3,6-7,10-16H2,1-2H3,(H2,23,24,25);1H. The van der Waals surface area contributed by atoms with Gasteiger partial charge in [-0.2, -0.15) is 11.8 Å². The summed E-state index contributed by atoms with van der Waals surface area (Å²) in [6, 6.07) is 8.84. The summed E-state index contributed by atoms with van der Waals surface area (Å²) < 4.78 is 0. The first-order chi connectivity index (χ1) is 13.7.